The Hall–Kier alpha value is -2.57. The highest BCUT2D eigenvalue weighted by Gasteiger charge is 2.47. The van der Waals surface area contributed by atoms with Crippen molar-refractivity contribution in [1.29, 1.82) is 0 Å². The quantitative estimate of drug-likeness (QED) is 0.0172. The first-order valence-electron chi connectivity index (χ1n) is 29.0. The number of hydrogen-bond acceptors (Lipinski definition) is 14. The number of aliphatic hydroxyl groups is 7. The minimum absolute atomic E-state index is 0.0483. The molecule has 0 spiro atoms. The minimum atomic E-state index is -1.71. The molecule has 2 fully saturated rings. The fourth-order valence-corrected chi connectivity index (χ4v) is 8.78. The molecule has 0 bridgehead atoms. The van der Waals surface area contributed by atoms with E-state index in [-0.39, 0.29) is 19.6 Å². The van der Waals surface area contributed by atoms with Gasteiger partial charge < -0.3 is 64.2 Å². The maximum Gasteiger partial charge on any atom is 0.306 e. The van der Waals surface area contributed by atoms with Crippen molar-refractivity contribution in [2.75, 3.05) is 33.0 Å². The van der Waals surface area contributed by atoms with Gasteiger partial charge in [0, 0.05) is 13.0 Å². The van der Waals surface area contributed by atoms with E-state index in [0.717, 1.165) is 83.5 Å². The molecule has 11 unspecified atom stereocenters. The van der Waals surface area contributed by atoms with Gasteiger partial charge in [0.15, 0.2) is 12.6 Å². The van der Waals surface area contributed by atoms with Gasteiger partial charge in [-0.25, -0.2) is 0 Å². The molecule has 14 heteroatoms. The van der Waals surface area contributed by atoms with Crippen LogP contribution in [0.15, 0.2) is 72.9 Å². The Morgan fingerprint density at radius 2 is 0.878 bits per heavy atom. The lowest BCUT2D eigenvalue weighted by Gasteiger charge is -2.42. The zero-order chi connectivity index (χ0) is 53.7. The number of esters is 1. The normalized spacial score (nSPS) is 25.3. The van der Waals surface area contributed by atoms with Crippen molar-refractivity contribution >= 4 is 5.97 Å². The Balaban J connectivity index is 1.74. The zero-order valence-electron chi connectivity index (χ0n) is 45.8. The van der Waals surface area contributed by atoms with Crippen LogP contribution in [0.5, 0.6) is 0 Å². The van der Waals surface area contributed by atoms with Gasteiger partial charge in [0.1, 0.15) is 54.9 Å². The average molecular weight is 1050 g/mol. The Labute approximate surface area is 447 Å². The second-order valence-corrected chi connectivity index (χ2v) is 20.1. The first-order valence-corrected chi connectivity index (χ1v) is 29.0. The molecule has 2 saturated heterocycles. The van der Waals surface area contributed by atoms with Gasteiger partial charge in [-0.05, 0) is 83.5 Å². The third-order valence-electron chi connectivity index (χ3n) is 13.4. The number of aliphatic hydroxyl groups excluding tert-OH is 7. The Bertz CT molecular complexity index is 1500. The van der Waals surface area contributed by atoms with E-state index in [4.69, 9.17) is 28.4 Å². The van der Waals surface area contributed by atoms with Crippen molar-refractivity contribution in [3.8, 4) is 0 Å². The zero-order valence-corrected chi connectivity index (χ0v) is 45.8. The number of hydrogen-bond donors (Lipinski definition) is 7. The molecule has 0 radical (unpaired) electrons. The van der Waals surface area contributed by atoms with Gasteiger partial charge in [0.25, 0.3) is 0 Å². The van der Waals surface area contributed by atoms with Crippen LogP contribution < -0.4 is 0 Å². The van der Waals surface area contributed by atoms with E-state index in [9.17, 15) is 40.5 Å². The average Bonchev–Trinajstić information content (AvgIpc) is 3.40. The Kier molecular flexibility index (Phi) is 42.5. The van der Waals surface area contributed by atoms with Crippen LogP contribution in [0, 0.1) is 0 Å². The first-order chi connectivity index (χ1) is 36.1. The highest BCUT2D eigenvalue weighted by molar-refractivity contribution is 5.69. The van der Waals surface area contributed by atoms with Crippen molar-refractivity contribution in [1.82, 2.24) is 0 Å². The monoisotopic (exact) mass is 1050 g/mol. The lowest BCUT2D eigenvalue weighted by atomic mass is 9.98. The topological polar surface area (TPSA) is 214 Å². The van der Waals surface area contributed by atoms with Gasteiger partial charge in [0.05, 0.1) is 26.4 Å². The molecule has 2 aliphatic rings. The maximum atomic E-state index is 13.1. The molecule has 0 saturated carbocycles. The van der Waals surface area contributed by atoms with Gasteiger partial charge in [-0.3, -0.25) is 4.79 Å². The molecule has 0 aliphatic carbocycles. The molecule has 14 nitrogen and oxygen atoms in total. The summed E-state index contributed by atoms with van der Waals surface area (Å²) in [6, 6.07) is 0. The number of rotatable bonds is 46. The lowest BCUT2D eigenvalue weighted by molar-refractivity contribution is -0.332. The van der Waals surface area contributed by atoms with Crippen molar-refractivity contribution in [3.63, 3.8) is 0 Å². The van der Waals surface area contributed by atoms with E-state index in [1.807, 2.05) is 0 Å². The van der Waals surface area contributed by atoms with Crippen LogP contribution in [-0.2, 0) is 33.2 Å². The second-order valence-electron chi connectivity index (χ2n) is 20.1. The molecule has 2 aliphatic heterocycles. The predicted octanol–water partition coefficient (Wildman–Crippen LogP) is 10.2. The molecule has 7 N–H and O–H groups in total. The molecule has 0 aromatic rings. The largest absolute Gasteiger partial charge is 0.457 e. The van der Waals surface area contributed by atoms with E-state index in [2.05, 4.69) is 86.8 Å². The number of carbonyl (C=O) groups excluding carboxylic acids is 1. The van der Waals surface area contributed by atoms with Crippen molar-refractivity contribution in [2.45, 2.75) is 268 Å². The molecule has 2 rings (SSSR count). The fraction of sp³-hybridized carbons (Fsp3) is 0.783. The highest BCUT2D eigenvalue weighted by atomic mass is 16.7. The second kappa shape index (κ2) is 46.5. The van der Waals surface area contributed by atoms with E-state index in [1.165, 1.54) is 89.9 Å². The molecular formula is C60H104O14. The van der Waals surface area contributed by atoms with Gasteiger partial charge in [-0.2, -0.15) is 0 Å². The van der Waals surface area contributed by atoms with Crippen molar-refractivity contribution < 1.29 is 69.0 Å². The first kappa shape index (κ1) is 67.5. The van der Waals surface area contributed by atoms with Crippen LogP contribution in [0.4, 0.5) is 0 Å². The summed E-state index contributed by atoms with van der Waals surface area (Å²) in [6.45, 7) is 3.55. The van der Waals surface area contributed by atoms with Crippen LogP contribution in [0.25, 0.3) is 0 Å². The third kappa shape index (κ3) is 32.9. The Morgan fingerprint density at radius 3 is 1.39 bits per heavy atom. The summed E-state index contributed by atoms with van der Waals surface area (Å²) < 4.78 is 34.4. The third-order valence-corrected chi connectivity index (χ3v) is 13.4. The standard InChI is InChI=1S/C60H104O14/c1-3-5-7-9-11-13-15-17-19-21-23-24-25-27-29-31-33-35-37-39-41-43-52(62)72-49(46-69-44-42-40-38-36-34-32-30-28-26-22-20-18-16-14-12-10-8-6-4-2)47-70-59-58(68)56(66)54(64)51(74-59)48-71-60-57(67)55(65)53(63)50(45-61)73-60/h5,7,11,13,17,19-20,22-24,27,29,49-51,53-61,63-68H,3-4,6,8-10,12,14-16,18,21,25-26,28,30-48H2,1-2H3/b7-5-,13-11-,19-17-,22-20-,24-23-,29-27-. The van der Waals surface area contributed by atoms with Gasteiger partial charge >= 0.3 is 5.97 Å². The summed E-state index contributed by atoms with van der Waals surface area (Å²) in [4.78, 5) is 13.1. The van der Waals surface area contributed by atoms with Crippen LogP contribution in [0.3, 0.4) is 0 Å². The summed E-state index contributed by atoms with van der Waals surface area (Å²) in [7, 11) is 0. The molecule has 74 heavy (non-hydrogen) atoms. The van der Waals surface area contributed by atoms with E-state index >= 15 is 0 Å². The SMILES string of the molecule is CC/C=C\C/C=C\C/C=C\C/C=C\C/C=C\CCCCCCCC(=O)OC(COCCCCCCCCCC/C=C\CCCCCCCCC)COC1OC(COC2OC(CO)C(O)C(O)C2O)C(O)C(O)C1O. The van der Waals surface area contributed by atoms with Crippen LogP contribution >= 0.6 is 0 Å². The minimum Gasteiger partial charge on any atom is -0.457 e. The predicted molar refractivity (Wildman–Crippen MR) is 293 cm³/mol. The molecular weight excluding hydrogens is 945 g/mol. The molecule has 0 amide bonds. The Morgan fingerprint density at radius 1 is 0.459 bits per heavy atom. The van der Waals surface area contributed by atoms with E-state index < -0.39 is 86.7 Å². The summed E-state index contributed by atoms with van der Waals surface area (Å²) in [5.74, 6) is -0.396. The summed E-state index contributed by atoms with van der Waals surface area (Å²) >= 11 is 0. The van der Waals surface area contributed by atoms with Gasteiger partial charge in [-0.1, -0.05) is 183 Å². The maximum absolute atomic E-state index is 13.1. The van der Waals surface area contributed by atoms with Crippen molar-refractivity contribution in [2.24, 2.45) is 0 Å². The summed E-state index contributed by atoms with van der Waals surface area (Å²) in [5.41, 5.74) is 0. The molecule has 428 valence electrons. The van der Waals surface area contributed by atoms with Gasteiger partial charge in [0.2, 0.25) is 0 Å². The smallest absolute Gasteiger partial charge is 0.306 e. The highest BCUT2D eigenvalue weighted by Crippen LogP contribution is 2.26. The number of allylic oxidation sites excluding steroid dienone is 12. The molecule has 2 heterocycles. The number of carbonyl (C=O) groups is 1. The van der Waals surface area contributed by atoms with Crippen LogP contribution in [-0.4, -0.2) is 142 Å². The summed E-state index contributed by atoms with van der Waals surface area (Å²) in [6.07, 6.45) is 42.4. The molecule has 0 aromatic heterocycles. The number of ether oxygens (including phenoxy) is 6. The summed E-state index contributed by atoms with van der Waals surface area (Å²) in [5, 5.41) is 72.3. The molecule has 11 atom stereocenters. The van der Waals surface area contributed by atoms with Crippen LogP contribution in [0.2, 0.25) is 0 Å². The molecule has 0 aromatic carbocycles. The lowest BCUT2D eigenvalue weighted by Crippen LogP contribution is -2.61. The van der Waals surface area contributed by atoms with Gasteiger partial charge in [-0.15, -0.1) is 0 Å². The van der Waals surface area contributed by atoms with E-state index in [0.29, 0.717) is 13.0 Å². The van der Waals surface area contributed by atoms with Crippen LogP contribution in [0.1, 0.15) is 200 Å². The fourth-order valence-electron chi connectivity index (χ4n) is 8.78. The number of unbranched alkanes of at least 4 members (excludes halogenated alkanes) is 20. The van der Waals surface area contributed by atoms with E-state index in [1.54, 1.807) is 0 Å². The van der Waals surface area contributed by atoms with Crippen molar-refractivity contribution in [3.05, 3.63) is 72.9 Å².